The molecule has 0 radical (unpaired) electrons. The highest BCUT2D eigenvalue weighted by Crippen LogP contribution is 2.27. The van der Waals surface area contributed by atoms with Crippen LogP contribution in [0.25, 0.3) is 0 Å². The number of halogens is 3. The Kier molecular flexibility index (Phi) is 6.72. The van der Waals surface area contributed by atoms with E-state index in [-0.39, 0.29) is 15.8 Å². The number of hydrogen-bond acceptors (Lipinski definition) is 4. The van der Waals surface area contributed by atoms with E-state index in [1.807, 2.05) is 0 Å². The van der Waals surface area contributed by atoms with E-state index in [4.69, 9.17) is 0 Å². The molecule has 2 aromatic rings. The molecule has 0 aliphatic rings. The summed E-state index contributed by atoms with van der Waals surface area (Å²) >= 11 is 6.36. The molecular formula is C16H14Br2FNO4S. The molecular weight excluding hydrogens is 481 g/mol. The van der Waals surface area contributed by atoms with Gasteiger partial charge in [0, 0.05) is 8.95 Å². The van der Waals surface area contributed by atoms with E-state index in [0.717, 1.165) is 22.7 Å². The van der Waals surface area contributed by atoms with Gasteiger partial charge in [-0.1, -0.05) is 28.1 Å². The average molecular weight is 495 g/mol. The van der Waals surface area contributed by atoms with Crippen LogP contribution in [0.2, 0.25) is 0 Å². The number of rotatable bonds is 6. The number of carbonyl (C=O) groups excluding carboxylic acids is 1. The molecule has 0 bridgehead atoms. The van der Waals surface area contributed by atoms with Crippen LogP contribution < -0.4 is 4.72 Å². The molecule has 25 heavy (non-hydrogen) atoms. The highest BCUT2D eigenvalue weighted by molar-refractivity contribution is 9.10. The lowest BCUT2D eigenvalue weighted by Crippen LogP contribution is -2.31. The van der Waals surface area contributed by atoms with E-state index >= 15 is 0 Å². The Labute approximate surface area is 161 Å². The molecule has 0 aliphatic carbocycles. The van der Waals surface area contributed by atoms with Crippen LogP contribution in [0.1, 0.15) is 18.0 Å². The van der Waals surface area contributed by atoms with Gasteiger partial charge in [-0.15, -0.1) is 0 Å². The van der Waals surface area contributed by atoms with Crippen LogP contribution in [0, 0.1) is 5.82 Å². The zero-order valence-corrected chi connectivity index (χ0v) is 17.0. The summed E-state index contributed by atoms with van der Waals surface area (Å²) in [5.74, 6) is -1.13. The molecule has 1 atom stereocenters. The fraction of sp³-hybridized carbons (Fsp3) is 0.188. The predicted molar refractivity (Wildman–Crippen MR) is 97.9 cm³/mol. The lowest BCUT2D eigenvalue weighted by molar-refractivity contribution is -0.141. The van der Waals surface area contributed by atoms with Crippen molar-refractivity contribution in [2.24, 2.45) is 0 Å². The summed E-state index contributed by atoms with van der Waals surface area (Å²) in [6.07, 6.45) is -0.189. The number of nitrogens with one attached hydrogen (secondary N) is 1. The normalized spacial score (nSPS) is 12.6. The second-order valence-corrected chi connectivity index (χ2v) is 8.54. The van der Waals surface area contributed by atoms with Gasteiger partial charge < -0.3 is 4.74 Å². The van der Waals surface area contributed by atoms with Crippen LogP contribution in [-0.2, 0) is 19.6 Å². The van der Waals surface area contributed by atoms with Crippen LogP contribution in [0.15, 0.2) is 56.3 Å². The molecule has 0 aromatic heterocycles. The molecule has 1 unspecified atom stereocenters. The Morgan fingerprint density at radius 1 is 1.24 bits per heavy atom. The second kappa shape index (κ2) is 8.39. The highest BCUT2D eigenvalue weighted by atomic mass is 79.9. The summed E-state index contributed by atoms with van der Waals surface area (Å²) < 4.78 is 46.5. The topological polar surface area (TPSA) is 72.5 Å². The Hall–Kier alpha value is -1.29. The van der Waals surface area contributed by atoms with Crippen molar-refractivity contribution in [2.75, 3.05) is 7.11 Å². The summed E-state index contributed by atoms with van der Waals surface area (Å²) in [5, 5.41) is 0. The zero-order valence-electron chi connectivity index (χ0n) is 13.0. The lowest BCUT2D eigenvalue weighted by atomic mass is 10.1. The van der Waals surface area contributed by atoms with E-state index < -0.39 is 27.9 Å². The van der Waals surface area contributed by atoms with E-state index in [0.29, 0.717) is 5.56 Å². The first kappa shape index (κ1) is 20.0. The van der Waals surface area contributed by atoms with Gasteiger partial charge in [0.1, 0.15) is 5.82 Å². The molecule has 134 valence electrons. The molecule has 0 saturated carbocycles. The highest BCUT2D eigenvalue weighted by Gasteiger charge is 2.26. The SMILES string of the molecule is COC(=O)CC(NS(=O)(=O)c1ccc(F)cc1Br)c1cccc(Br)c1. The summed E-state index contributed by atoms with van der Waals surface area (Å²) in [4.78, 5) is 11.6. The van der Waals surface area contributed by atoms with Gasteiger partial charge >= 0.3 is 5.97 Å². The van der Waals surface area contributed by atoms with Gasteiger partial charge in [-0.3, -0.25) is 4.79 Å². The number of carbonyl (C=O) groups is 1. The summed E-state index contributed by atoms with van der Waals surface area (Å²) in [6.45, 7) is 0. The number of hydrogen-bond donors (Lipinski definition) is 1. The third kappa shape index (κ3) is 5.34. The quantitative estimate of drug-likeness (QED) is 0.617. The first-order chi connectivity index (χ1) is 11.7. The van der Waals surface area contributed by atoms with Crippen molar-refractivity contribution in [3.05, 3.63) is 62.8 Å². The lowest BCUT2D eigenvalue weighted by Gasteiger charge is -2.19. The molecule has 0 fully saturated rings. The number of sulfonamides is 1. The van der Waals surface area contributed by atoms with Crippen molar-refractivity contribution in [1.82, 2.24) is 4.72 Å². The summed E-state index contributed by atoms with van der Waals surface area (Å²) in [6, 6.07) is 9.33. The molecule has 0 aliphatic heterocycles. The number of methoxy groups -OCH3 is 1. The average Bonchev–Trinajstić information content (AvgIpc) is 2.53. The van der Waals surface area contributed by atoms with Crippen LogP contribution in [0.4, 0.5) is 4.39 Å². The maximum atomic E-state index is 13.2. The van der Waals surface area contributed by atoms with Gasteiger partial charge in [-0.25, -0.2) is 17.5 Å². The monoisotopic (exact) mass is 493 g/mol. The molecule has 5 nitrogen and oxygen atoms in total. The van der Waals surface area contributed by atoms with E-state index in [1.165, 1.54) is 7.11 Å². The maximum Gasteiger partial charge on any atom is 0.307 e. The fourth-order valence-electron chi connectivity index (χ4n) is 2.14. The zero-order chi connectivity index (χ0) is 18.6. The molecule has 2 rings (SSSR count). The Morgan fingerprint density at radius 2 is 1.96 bits per heavy atom. The van der Waals surface area contributed by atoms with Crippen LogP contribution in [0.5, 0.6) is 0 Å². The largest absolute Gasteiger partial charge is 0.469 e. The number of benzene rings is 2. The standard InChI is InChI=1S/C16H14Br2FNO4S/c1-24-16(21)9-14(10-3-2-4-11(17)7-10)20-25(22,23)15-6-5-12(19)8-13(15)18/h2-8,14,20H,9H2,1H3. The first-order valence-corrected chi connectivity index (χ1v) is 10.1. The maximum absolute atomic E-state index is 13.2. The van der Waals surface area contributed by atoms with Gasteiger partial charge in [0.05, 0.1) is 24.5 Å². The fourth-order valence-corrected chi connectivity index (χ4v) is 4.84. The summed E-state index contributed by atoms with van der Waals surface area (Å²) in [7, 11) is -2.78. The van der Waals surface area contributed by atoms with E-state index in [2.05, 4.69) is 41.3 Å². The van der Waals surface area contributed by atoms with Crippen molar-refractivity contribution >= 4 is 47.9 Å². The third-order valence-corrected chi connectivity index (χ3v) is 6.27. The van der Waals surface area contributed by atoms with Crippen LogP contribution in [-0.4, -0.2) is 21.5 Å². The molecule has 2 aromatic carbocycles. The van der Waals surface area contributed by atoms with Crippen molar-refractivity contribution in [3.8, 4) is 0 Å². The summed E-state index contributed by atoms with van der Waals surface area (Å²) in [5.41, 5.74) is 0.585. The van der Waals surface area contributed by atoms with E-state index in [9.17, 15) is 17.6 Å². The van der Waals surface area contributed by atoms with Crippen molar-refractivity contribution in [2.45, 2.75) is 17.4 Å². The van der Waals surface area contributed by atoms with Crippen molar-refractivity contribution in [1.29, 1.82) is 0 Å². The Morgan fingerprint density at radius 3 is 2.56 bits per heavy atom. The third-order valence-electron chi connectivity index (χ3n) is 3.33. The minimum absolute atomic E-state index is 0.0889. The molecule has 9 heteroatoms. The van der Waals surface area contributed by atoms with Gasteiger partial charge in [-0.05, 0) is 51.8 Å². The number of ether oxygens (including phenoxy) is 1. The Bertz CT molecular complexity index is 889. The van der Waals surface area contributed by atoms with Gasteiger partial charge in [0.25, 0.3) is 0 Å². The smallest absolute Gasteiger partial charge is 0.307 e. The molecule has 0 spiro atoms. The molecule has 0 heterocycles. The number of esters is 1. The van der Waals surface area contributed by atoms with Crippen LogP contribution in [0.3, 0.4) is 0 Å². The van der Waals surface area contributed by atoms with E-state index in [1.54, 1.807) is 24.3 Å². The van der Waals surface area contributed by atoms with Crippen molar-refractivity contribution in [3.63, 3.8) is 0 Å². The minimum Gasteiger partial charge on any atom is -0.469 e. The predicted octanol–water partition coefficient (Wildman–Crippen LogP) is 3.93. The Balaban J connectivity index is 2.39. The van der Waals surface area contributed by atoms with Gasteiger partial charge in [0.15, 0.2) is 0 Å². The van der Waals surface area contributed by atoms with Gasteiger partial charge in [-0.2, -0.15) is 0 Å². The molecule has 1 N–H and O–H groups in total. The van der Waals surface area contributed by atoms with Crippen molar-refractivity contribution < 1.29 is 22.3 Å². The minimum atomic E-state index is -4.01. The van der Waals surface area contributed by atoms with Gasteiger partial charge in [0.2, 0.25) is 10.0 Å². The first-order valence-electron chi connectivity index (χ1n) is 7.02. The molecule has 0 amide bonds. The molecule has 0 saturated heterocycles. The van der Waals surface area contributed by atoms with Crippen LogP contribution >= 0.6 is 31.9 Å². The second-order valence-electron chi connectivity index (χ2n) is 5.08.